The summed E-state index contributed by atoms with van der Waals surface area (Å²) in [6, 6.07) is 14.0. The van der Waals surface area contributed by atoms with E-state index in [-0.39, 0.29) is 5.78 Å². The topological polar surface area (TPSA) is 26.3 Å². The van der Waals surface area contributed by atoms with E-state index in [1.165, 1.54) is 0 Å². The van der Waals surface area contributed by atoms with Crippen molar-refractivity contribution in [3.8, 4) is 5.75 Å². The van der Waals surface area contributed by atoms with Crippen LogP contribution in [-0.4, -0.2) is 5.78 Å². The van der Waals surface area contributed by atoms with E-state index in [4.69, 9.17) is 4.74 Å². The van der Waals surface area contributed by atoms with Crippen LogP contribution >= 0.6 is 22.6 Å². The Morgan fingerprint density at radius 3 is 2.50 bits per heavy atom. The third-order valence-electron chi connectivity index (χ3n) is 3.13. The summed E-state index contributed by atoms with van der Waals surface area (Å²) in [6.45, 7) is 4.21. The summed E-state index contributed by atoms with van der Waals surface area (Å²) in [5.74, 6) is 0.931. The van der Waals surface area contributed by atoms with Crippen molar-refractivity contribution in [1.82, 2.24) is 0 Å². The Bertz CT molecular complexity index is 606. The number of hydrogen-bond acceptors (Lipinski definition) is 2. The van der Waals surface area contributed by atoms with Gasteiger partial charge in [-0.1, -0.05) is 37.3 Å². The summed E-state index contributed by atoms with van der Waals surface area (Å²) in [5.41, 5.74) is 3.00. The van der Waals surface area contributed by atoms with Crippen LogP contribution in [0.2, 0.25) is 0 Å². The van der Waals surface area contributed by atoms with Gasteiger partial charge in [0.2, 0.25) is 0 Å². The lowest BCUT2D eigenvalue weighted by Gasteiger charge is -2.12. The molecule has 0 N–H and O–H groups in total. The Morgan fingerprint density at radius 2 is 1.90 bits per heavy atom. The minimum Gasteiger partial charge on any atom is -0.489 e. The van der Waals surface area contributed by atoms with Crippen molar-refractivity contribution in [3.05, 3.63) is 62.7 Å². The van der Waals surface area contributed by atoms with Crippen LogP contribution in [0.4, 0.5) is 0 Å². The molecule has 0 aliphatic rings. The normalized spacial score (nSPS) is 10.3. The molecule has 0 saturated carbocycles. The monoisotopic (exact) mass is 380 g/mol. The van der Waals surface area contributed by atoms with Crippen molar-refractivity contribution in [3.63, 3.8) is 0 Å². The van der Waals surface area contributed by atoms with Crippen molar-refractivity contribution in [2.24, 2.45) is 0 Å². The molecule has 2 aromatic rings. The molecular weight excluding hydrogens is 363 g/mol. The molecule has 0 unspecified atom stereocenters. The van der Waals surface area contributed by atoms with Crippen LogP contribution in [0.1, 0.15) is 35.3 Å². The van der Waals surface area contributed by atoms with Crippen LogP contribution in [0, 0.1) is 3.57 Å². The molecule has 0 spiro atoms. The largest absolute Gasteiger partial charge is 0.489 e. The Labute approximate surface area is 133 Å². The lowest BCUT2D eigenvalue weighted by atomic mass is 10.0. The Kier molecular flexibility index (Phi) is 5.17. The second kappa shape index (κ2) is 6.88. The van der Waals surface area contributed by atoms with Gasteiger partial charge >= 0.3 is 0 Å². The van der Waals surface area contributed by atoms with Crippen molar-refractivity contribution in [2.45, 2.75) is 26.9 Å². The van der Waals surface area contributed by atoms with Gasteiger partial charge in [0.1, 0.15) is 12.4 Å². The van der Waals surface area contributed by atoms with E-state index in [2.05, 4.69) is 29.5 Å². The van der Waals surface area contributed by atoms with Crippen LogP contribution in [0.15, 0.2) is 42.5 Å². The van der Waals surface area contributed by atoms with E-state index in [0.29, 0.717) is 6.61 Å². The molecule has 0 atom stereocenters. The Hall–Kier alpha value is -1.36. The maximum absolute atomic E-state index is 11.7. The zero-order valence-corrected chi connectivity index (χ0v) is 13.8. The molecule has 0 aliphatic carbocycles. The first-order valence-electron chi connectivity index (χ1n) is 6.62. The van der Waals surface area contributed by atoms with Gasteiger partial charge in [0.05, 0.1) is 0 Å². The van der Waals surface area contributed by atoms with Crippen LogP contribution in [0.3, 0.4) is 0 Å². The first-order chi connectivity index (χ1) is 9.61. The summed E-state index contributed by atoms with van der Waals surface area (Å²) in [4.78, 5) is 11.7. The highest BCUT2D eigenvalue weighted by molar-refractivity contribution is 14.1. The maximum atomic E-state index is 11.7. The Balaban J connectivity index is 2.21. The van der Waals surface area contributed by atoms with Gasteiger partial charge in [-0.05, 0) is 59.2 Å². The number of Topliss-reactive ketones (excluding diaryl/α,β-unsaturated/α-hetero) is 1. The highest BCUT2D eigenvalue weighted by Gasteiger charge is 2.12. The molecule has 0 bridgehead atoms. The minimum atomic E-state index is 0.112. The molecule has 104 valence electrons. The highest BCUT2D eigenvalue weighted by atomic mass is 127. The minimum absolute atomic E-state index is 0.112. The van der Waals surface area contributed by atoms with Crippen molar-refractivity contribution >= 4 is 28.4 Å². The van der Waals surface area contributed by atoms with Gasteiger partial charge in [-0.25, -0.2) is 0 Å². The quantitative estimate of drug-likeness (QED) is 0.558. The van der Waals surface area contributed by atoms with Gasteiger partial charge in [0.25, 0.3) is 0 Å². The number of rotatable bonds is 5. The fourth-order valence-corrected chi connectivity index (χ4v) is 3.17. The van der Waals surface area contributed by atoms with E-state index in [1.54, 1.807) is 6.92 Å². The average Bonchev–Trinajstić information content (AvgIpc) is 2.45. The van der Waals surface area contributed by atoms with E-state index >= 15 is 0 Å². The molecule has 20 heavy (non-hydrogen) atoms. The predicted molar refractivity (Wildman–Crippen MR) is 89.3 cm³/mol. The molecule has 0 radical (unpaired) electrons. The number of aryl methyl sites for hydroxylation is 1. The maximum Gasteiger partial charge on any atom is 0.161 e. The van der Waals surface area contributed by atoms with Crippen LogP contribution in [0.25, 0.3) is 0 Å². The predicted octanol–water partition coefficient (Wildman–Crippen LogP) is 4.64. The average molecular weight is 380 g/mol. The molecule has 0 amide bonds. The fraction of sp³-hybridized carbons (Fsp3) is 0.235. The number of carbonyl (C=O) groups is 1. The number of carbonyl (C=O) groups excluding carboxylic acids is 1. The first kappa shape index (κ1) is 15.0. The van der Waals surface area contributed by atoms with E-state index in [0.717, 1.165) is 32.4 Å². The van der Waals surface area contributed by atoms with E-state index in [9.17, 15) is 4.79 Å². The molecule has 0 fully saturated rings. The molecule has 0 saturated heterocycles. The lowest BCUT2D eigenvalue weighted by Crippen LogP contribution is -2.04. The van der Waals surface area contributed by atoms with Crippen molar-refractivity contribution in [2.75, 3.05) is 0 Å². The van der Waals surface area contributed by atoms with Gasteiger partial charge in [0, 0.05) is 9.13 Å². The number of benzene rings is 2. The van der Waals surface area contributed by atoms with Crippen LogP contribution in [-0.2, 0) is 13.0 Å². The summed E-state index contributed by atoms with van der Waals surface area (Å²) < 4.78 is 6.79. The molecule has 2 rings (SSSR count). The van der Waals surface area contributed by atoms with Gasteiger partial charge in [0.15, 0.2) is 5.78 Å². The molecule has 2 aromatic carbocycles. The summed E-state index contributed by atoms with van der Waals surface area (Å²) in [7, 11) is 0. The van der Waals surface area contributed by atoms with Crippen LogP contribution < -0.4 is 4.74 Å². The number of ketones is 1. The second-order valence-corrected chi connectivity index (χ2v) is 5.79. The number of hydrogen-bond donors (Lipinski definition) is 0. The summed E-state index contributed by atoms with van der Waals surface area (Å²) in [6.07, 6.45) is 0.827. The third kappa shape index (κ3) is 3.60. The first-order valence-corrected chi connectivity index (χ1v) is 7.69. The van der Waals surface area contributed by atoms with Gasteiger partial charge in [-0.3, -0.25) is 4.79 Å². The number of ether oxygens (including phenoxy) is 1. The molecule has 2 nitrogen and oxygen atoms in total. The zero-order chi connectivity index (χ0) is 14.5. The second-order valence-electron chi connectivity index (χ2n) is 4.62. The van der Waals surface area contributed by atoms with Gasteiger partial charge in [-0.2, -0.15) is 0 Å². The molecule has 0 aromatic heterocycles. The highest BCUT2D eigenvalue weighted by Crippen LogP contribution is 2.26. The van der Waals surface area contributed by atoms with E-state index in [1.807, 2.05) is 42.5 Å². The molecule has 0 aliphatic heterocycles. The van der Waals surface area contributed by atoms with Crippen LogP contribution in [0.5, 0.6) is 5.75 Å². The lowest BCUT2D eigenvalue weighted by molar-refractivity contribution is 0.101. The third-order valence-corrected chi connectivity index (χ3v) is 3.98. The number of halogens is 1. The molecule has 0 heterocycles. The molecule has 3 heteroatoms. The smallest absolute Gasteiger partial charge is 0.161 e. The van der Waals surface area contributed by atoms with Crippen molar-refractivity contribution < 1.29 is 9.53 Å². The van der Waals surface area contributed by atoms with Gasteiger partial charge in [-0.15, -0.1) is 0 Å². The Morgan fingerprint density at radius 1 is 1.20 bits per heavy atom. The fourth-order valence-electron chi connectivity index (χ4n) is 2.13. The molecular formula is C17H17IO2. The SMILES string of the molecule is CCc1cc(OCc2ccccc2)cc(I)c1C(C)=O. The zero-order valence-electron chi connectivity index (χ0n) is 11.7. The van der Waals surface area contributed by atoms with Crippen molar-refractivity contribution in [1.29, 1.82) is 0 Å². The summed E-state index contributed by atoms with van der Waals surface area (Å²) >= 11 is 2.20. The van der Waals surface area contributed by atoms with E-state index < -0.39 is 0 Å². The van der Waals surface area contributed by atoms with Gasteiger partial charge < -0.3 is 4.74 Å². The summed E-state index contributed by atoms with van der Waals surface area (Å²) in [5, 5.41) is 0. The standard InChI is InChI=1S/C17H17IO2/c1-3-14-9-15(10-16(18)17(14)12(2)19)20-11-13-7-5-4-6-8-13/h4-10H,3,11H2,1-2H3.